The van der Waals surface area contributed by atoms with Crippen LogP contribution < -0.4 is 11.5 Å². The predicted octanol–water partition coefficient (Wildman–Crippen LogP) is 1.43. The van der Waals surface area contributed by atoms with Crippen molar-refractivity contribution in [2.45, 2.75) is 25.1 Å². The van der Waals surface area contributed by atoms with Gasteiger partial charge in [-0.2, -0.15) is 11.8 Å². The lowest BCUT2D eigenvalue weighted by atomic mass is 10.1. The third-order valence-corrected chi connectivity index (χ3v) is 3.66. The van der Waals surface area contributed by atoms with E-state index in [1.165, 1.54) is 11.1 Å². The number of primary amides is 1. The molecule has 1 amide bonds. The highest BCUT2D eigenvalue weighted by Crippen LogP contribution is 2.17. The van der Waals surface area contributed by atoms with Gasteiger partial charge in [-0.1, -0.05) is 29.8 Å². The van der Waals surface area contributed by atoms with E-state index in [1.807, 2.05) is 6.07 Å². The van der Waals surface area contributed by atoms with Gasteiger partial charge in [0, 0.05) is 11.5 Å². The first-order chi connectivity index (χ1) is 7.42. The average Bonchev–Trinajstić information content (AvgIpc) is 2.17. The number of aryl methyl sites for hydroxylation is 1. The van der Waals surface area contributed by atoms with Gasteiger partial charge in [-0.25, -0.2) is 0 Å². The summed E-state index contributed by atoms with van der Waals surface area (Å²) in [7, 11) is 0. The molecule has 1 rings (SSSR count). The maximum Gasteiger partial charge on any atom is 0.238 e. The lowest BCUT2D eigenvalue weighted by Crippen LogP contribution is -2.51. The SMILES string of the molecule is Cc1cccc(CSCC(C)(N)C(N)=O)c1. The molecule has 1 atom stereocenters. The Morgan fingerprint density at radius 2 is 2.19 bits per heavy atom. The van der Waals surface area contributed by atoms with Crippen molar-refractivity contribution in [2.75, 3.05) is 5.75 Å². The highest BCUT2D eigenvalue weighted by molar-refractivity contribution is 7.98. The molecule has 88 valence electrons. The van der Waals surface area contributed by atoms with Crippen molar-refractivity contribution < 1.29 is 4.79 Å². The highest BCUT2D eigenvalue weighted by atomic mass is 32.2. The van der Waals surface area contributed by atoms with Crippen LogP contribution in [-0.4, -0.2) is 17.2 Å². The summed E-state index contributed by atoms with van der Waals surface area (Å²) in [6.07, 6.45) is 0. The van der Waals surface area contributed by atoms with E-state index in [0.29, 0.717) is 5.75 Å². The molecule has 4 N–H and O–H groups in total. The molecule has 3 nitrogen and oxygen atoms in total. The maximum atomic E-state index is 11.0. The molecule has 0 aliphatic carbocycles. The van der Waals surface area contributed by atoms with Crippen molar-refractivity contribution >= 4 is 17.7 Å². The standard InChI is InChI=1S/C12H18N2OS/c1-9-4-3-5-10(6-9)7-16-8-12(2,14)11(13)15/h3-6H,7-8,14H2,1-2H3,(H2,13,15). The quantitative estimate of drug-likeness (QED) is 0.815. The van der Waals surface area contributed by atoms with Gasteiger partial charge in [-0.15, -0.1) is 0 Å². The normalized spacial score (nSPS) is 14.4. The van der Waals surface area contributed by atoms with Crippen LogP contribution in [0.4, 0.5) is 0 Å². The van der Waals surface area contributed by atoms with E-state index >= 15 is 0 Å². The minimum absolute atomic E-state index is 0.454. The van der Waals surface area contributed by atoms with Crippen molar-refractivity contribution in [1.82, 2.24) is 0 Å². The van der Waals surface area contributed by atoms with Crippen molar-refractivity contribution in [3.8, 4) is 0 Å². The molecule has 0 aliphatic heterocycles. The molecular weight excluding hydrogens is 220 g/mol. The molecule has 0 aromatic heterocycles. The smallest absolute Gasteiger partial charge is 0.238 e. The van der Waals surface area contributed by atoms with E-state index in [4.69, 9.17) is 11.5 Å². The van der Waals surface area contributed by atoms with Gasteiger partial charge in [-0.05, 0) is 19.4 Å². The Morgan fingerprint density at radius 1 is 1.50 bits per heavy atom. The topological polar surface area (TPSA) is 69.1 Å². The Balaban J connectivity index is 2.45. The van der Waals surface area contributed by atoms with Gasteiger partial charge in [0.15, 0.2) is 0 Å². The zero-order chi connectivity index (χ0) is 12.2. The van der Waals surface area contributed by atoms with Crippen LogP contribution >= 0.6 is 11.8 Å². The Kier molecular flexibility index (Phi) is 4.38. The van der Waals surface area contributed by atoms with Crippen LogP contribution in [0.5, 0.6) is 0 Å². The molecule has 1 unspecified atom stereocenters. The summed E-state index contributed by atoms with van der Waals surface area (Å²) in [5.41, 5.74) is 12.5. The fraction of sp³-hybridized carbons (Fsp3) is 0.417. The van der Waals surface area contributed by atoms with E-state index in [-0.39, 0.29) is 0 Å². The lowest BCUT2D eigenvalue weighted by Gasteiger charge is -2.19. The molecule has 0 bridgehead atoms. The zero-order valence-corrected chi connectivity index (χ0v) is 10.5. The first kappa shape index (κ1) is 13.1. The largest absolute Gasteiger partial charge is 0.368 e. The predicted molar refractivity (Wildman–Crippen MR) is 69.1 cm³/mol. The molecule has 16 heavy (non-hydrogen) atoms. The van der Waals surface area contributed by atoms with Gasteiger partial charge >= 0.3 is 0 Å². The number of carbonyl (C=O) groups excluding carboxylic acids is 1. The molecule has 0 aliphatic rings. The average molecular weight is 238 g/mol. The molecule has 1 aromatic rings. The summed E-state index contributed by atoms with van der Waals surface area (Å²) in [6, 6.07) is 8.29. The fourth-order valence-corrected chi connectivity index (χ4v) is 2.34. The number of rotatable bonds is 5. The number of amides is 1. The summed E-state index contributed by atoms with van der Waals surface area (Å²) < 4.78 is 0. The molecule has 0 radical (unpaired) electrons. The van der Waals surface area contributed by atoms with Crippen LogP contribution in [0, 0.1) is 6.92 Å². The number of hydrogen-bond acceptors (Lipinski definition) is 3. The molecule has 1 aromatic carbocycles. The van der Waals surface area contributed by atoms with E-state index in [0.717, 1.165) is 5.75 Å². The van der Waals surface area contributed by atoms with Crippen LogP contribution in [-0.2, 0) is 10.5 Å². The Bertz CT molecular complexity index is 377. The summed E-state index contributed by atoms with van der Waals surface area (Å²) in [6.45, 7) is 3.73. The Hall–Kier alpha value is -1.00. The van der Waals surface area contributed by atoms with Crippen molar-refractivity contribution in [3.63, 3.8) is 0 Å². The number of carbonyl (C=O) groups is 1. The number of benzene rings is 1. The monoisotopic (exact) mass is 238 g/mol. The van der Waals surface area contributed by atoms with E-state index in [9.17, 15) is 4.79 Å². The molecule has 0 saturated carbocycles. The van der Waals surface area contributed by atoms with Crippen LogP contribution in [0.1, 0.15) is 18.1 Å². The van der Waals surface area contributed by atoms with Crippen molar-refractivity contribution in [2.24, 2.45) is 11.5 Å². The molecular formula is C12H18N2OS. The first-order valence-electron chi connectivity index (χ1n) is 5.14. The second-order valence-electron chi connectivity index (χ2n) is 4.26. The zero-order valence-electron chi connectivity index (χ0n) is 9.69. The molecule has 0 heterocycles. The Labute approximate surface area is 101 Å². The molecule has 0 saturated heterocycles. The lowest BCUT2D eigenvalue weighted by molar-refractivity contribution is -0.121. The van der Waals surface area contributed by atoms with Crippen molar-refractivity contribution in [3.05, 3.63) is 35.4 Å². The number of hydrogen-bond donors (Lipinski definition) is 2. The maximum absolute atomic E-state index is 11.0. The van der Waals surface area contributed by atoms with Gasteiger partial charge < -0.3 is 11.5 Å². The second-order valence-corrected chi connectivity index (χ2v) is 5.25. The third-order valence-electron chi connectivity index (χ3n) is 2.32. The minimum atomic E-state index is -0.922. The molecule has 0 fully saturated rings. The summed E-state index contributed by atoms with van der Waals surface area (Å²) in [5, 5.41) is 0. The van der Waals surface area contributed by atoms with Crippen LogP contribution in [0.25, 0.3) is 0 Å². The summed E-state index contributed by atoms with van der Waals surface area (Å²) in [5.74, 6) is 0.933. The van der Waals surface area contributed by atoms with Gasteiger partial charge in [0.25, 0.3) is 0 Å². The van der Waals surface area contributed by atoms with Crippen LogP contribution in [0.15, 0.2) is 24.3 Å². The van der Waals surface area contributed by atoms with Gasteiger partial charge in [-0.3, -0.25) is 4.79 Å². The second kappa shape index (κ2) is 5.37. The van der Waals surface area contributed by atoms with Crippen molar-refractivity contribution in [1.29, 1.82) is 0 Å². The van der Waals surface area contributed by atoms with Gasteiger partial charge in [0.05, 0.1) is 0 Å². The Morgan fingerprint density at radius 3 is 2.75 bits per heavy atom. The fourth-order valence-electron chi connectivity index (χ4n) is 1.25. The third kappa shape index (κ3) is 3.87. The number of thioether (sulfide) groups is 1. The molecule has 0 spiro atoms. The van der Waals surface area contributed by atoms with E-state index in [1.54, 1.807) is 18.7 Å². The van der Waals surface area contributed by atoms with Gasteiger partial charge in [0.2, 0.25) is 5.91 Å². The molecule has 4 heteroatoms. The van der Waals surface area contributed by atoms with E-state index in [2.05, 4.69) is 25.1 Å². The van der Waals surface area contributed by atoms with Gasteiger partial charge in [0.1, 0.15) is 5.54 Å². The summed E-state index contributed by atoms with van der Waals surface area (Å²) in [4.78, 5) is 11.0. The van der Waals surface area contributed by atoms with E-state index < -0.39 is 11.4 Å². The number of nitrogens with two attached hydrogens (primary N) is 2. The highest BCUT2D eigenvalue weighted by Gasteiger charge is 2.25. The van der Waals surface area contributed by atoms with Crippen LogP contribution in [0.3, 0.4) is 0 Å². The van der Waals surface area contributed by atoms with Crippen LogP contribution in [0.2, 0.25) is 0 Å². The minimum Gasteiger partial charge on any atom is -0.368 e. The first-order valence-corrected chi connectivity index (χ1v) is 6.29. The summed E-state index contributed by atoms with van der Waals surface area (Å²) >= 11 is 1.62.